The Morgan fingerprint density at radius 2 is 1.96 bits per heavy atom. The number of amides is 1. The molecule has 1 aromatic heterocycles. The maximum atomic E-state index is 12.3. The summed E-state index contributed by atoms with van der Waals surface area (Å²) in [5.41, 5.74) is 0. The first-order valence-electron chi connectivity index (χ1n) is 7.83. The highest BCUT2D eigenvalue weighted by atomic mass is 35.5. The second kappa shape index (κ2) is 8.02. The summed E-state index contributed by atoms with van der Waals surface area (Å²) in [5.74, 6) is 1.18. The lowest BCUT2D eigenvalue weighted by atomic mass is 10.3. The van der Waals surface area contributed by atoms with Gasteiger partial charge in [0.2, 0.25) is 0 Å². The molecule has 2 heterocycles. The van der Waals surface area contributed by atoms with Gasteiger partial charge in [0.25, 0.3) is 17.7 Å². The summed E-state index contributed by atoms with van der Waals surface area (Å²) < 4.78 is 16.4. The van der Waals surface area contributed by atoms with E-state index in [2.05, 4.69) is 9.97 Å². The van der Waals surface area contributed by atoms with Gasteiger partial charge in [0, 0.05) is 30.4 Å². The summed E-state index contributed by atoms with van der Waals surface area (Å²) in [6.45, 7) is 1.06. The number of benzene rings is 1. The molecule has 1 atom stereocenters. The molecule has 0 spiro atoms. The average Bonchev–Trinajstić information content (AvgIpc) is 3.10. The van der Waals surface area contributed by atoms with E-state index >= 15 is 0 Å². The molecule has 1 saturated heterocycles. The van der Waals surface area contributed by atoms with E-state index in [4.69, 9.17) is 25.8 Å². The minimum Gasteiger partial charge on any atom is -0.484 e. The Morgan fingerprint density at radius 1 is 1.24 bits per heavy atom. The van der Waals surface area contributed by atoms with E-state index in [9.17, 15) is 4.79 Å². The molecule has 3 rings (SSSR count). The van der Waals surface area contributed by atoms with Crippen LogP contribution in [0.15, 0.2) is 36.7 Å². The molecule has 1 fully saturated rings. The summed E-state index contributed by atoms with van der Waals surface area (Å²) >= 11 is 5.82. The van der Waals surface area contributed by atoms with Crippen molar-refractivity contribution < 1.29 is 19.0 Å². The van der Waals surface area contributed by atoms with E-state index in [1.807, 2.05) is 0 Å². The van der Waals surface area contributed by atoms with E-state index in [0.717, 1.165) is 0 Å². The lowest BCUT2D eigenvalue weighted by Gasteiger charge is -2.17. The lowest BCUT2D eigenvalue weighted by Crippen LogP contribution is -2.34. The van der Waals surface area contributed by atoms with Crippen molar-refractivity contribution in [3.8, 4) is 17.5 Å². The largest absolute Gasteiger partial charge is 0.484 e. The number of methoxy groups -OCH3 is 1. The van der Waals surface area contributed by atoms with Gasteiger partial charge in [-0.2, -0.15) is 0 Å². The van der Waals surface area contributed by atoms with E-state index < -0.39 is 0 Å². The summed E-state index contributed by atoms with van der Waals surface area (Å²) in [7, 11) is 1.51. The molecule has 25 heavy (non-hydrogen) atoms. The molecule has 0 saturated carbocycles. The van der Waals surface area contributed by atoms with Gasteiger partial charge in [-0.25, -0.2) is 9.97 Å². The zero-order valence-corrected chi connectivity index (χ0v) is 14.5. The fourth-order valence-electron chi connectivity index (χ4n) is 2.51. The van der Waals surface area contributed by atoms with E-state index in [1.165, 1.54) is 19.5 Å². The normalized spacial score (nSPS) is 16.6. The summed E-state index contributed by atoms with van der Waals surface area (Å²) in [6.07, 6.45) is 3.64. The van der Waals surface area contributed by atoms with Gasteiger partial charge in [0.05, 0.1) is 13.7 Å². The van der Waals surface area contributed by atoms with Crippen LogP contribution >= 0.6 is 11.6 Å². The van der Waals surface area contributed by atoms with Crippen molar-refractivity contribution in [3.63, 3.8) is 0 Å². The quantitative estimate of drug-likeness (QED) is 0.783. The van der Waals surface area contributed by atoms with Crippen molar-refractivity contribution in [1.29, 1.82) is 0 Å². The smallest absolute Gasteiger partial charge is 0.278 e. The third-order valence-corrected chi connectivity index (χ3v) is 4.03. The number of ether oxygens (including phenoxy) is 3. The van der Waals surface area contributed by atoms with Gasteiger partial charge >= 0.3 is 0 Å². The molecule has 1 amide bonds. The molecule has 7 nitrogen and oxygen atoms in total. The van der Waals surface area contributed by atoms with Crippen LogP contribution in [-0.4, -0.2) is 53.7 Å². The number of likely N-dealkylation sites (tertiary alicyclic amines) is 1. The SMILES string of the molecule is COc1nccnc1OC1CCN(C(=O)COc2ccc(Cl)cc2)C1. The van der Waals surface area contributed by atoms with Crippen molar-refractivity contribution >= 4 is 17.5 Å². The van der Waals surface area contributed by atoms with Gasteiger partial charge in [-0.1, -0.05) is 11.6 Å². The van der Waals surface area contributed by atoms with E-state index in [1.54, 1.807) is 29.2 Å². The molecule has 8 heteroatoms. The molecule has 0 N–H and O–H groups in total. The Morgan fingerprint density at radius 3 is 2.68 bits per heavy atom. The van der Waals surface area contributed by atoms with Crippen molar-refractivity contribution in [2.75, 3.05) is 26.8 Å². The van der Waals surface area contributed by atoms with Crippen LogP contribution in [0.4, 0.5) is 0 Å². The van der Waals surface area contributed by atoms with Gasteiger partial charge in [-0.3, -0.25) is 4.79 Å². The molecule has 1 unspecified atom stereocenters. The van der Waals surface area contributed by atoms with Crippen LogP contribution in [-0.2, 0) is 4.79 Å². The Labute approximate surface area is 150 Å². The van der Waals surface area contributed by atoms with Crippen molar-refractivity contribution in [2.24, 2.45) is 0 Å². The minimum absolute atomic E-state index is 0.0250. The highest BCUT2D eigenvalue weighted by Gasteiger charge is 2.29. The standard InChI is InChI=1S/C17H18ClN3O4/c1-23-16-17(20-8-7-19-16)25-14-6-9-21(10-14)15(22)11-24-13-4-2-12(18)3-5-13/h2-5,7-8,14H,6,9-11H2,1H3. The van der Waals surface area contributed by atoms with Crippen molar-refractivity contribution in [3.05, 3.63) is 41.7 Å². The van der Waals surface area contributed by atoms with Crippen LogP contribution in [0.1, 0.15) is 6.42 Å². The maximum absolute atomic E-state index is 12.3. The average molecular weight is 364 g/mol. The van der Waals surface area contributed by atoms with Gasteiger partial charge in [-0.15, -0.1) is 0 Å². The molecule has 0 bridgehead atoms. The topological polar surface area (TPSA) is 73.8 Å². The number of rotatable bonds is 6. The molecule has 132 valence electrons. The Hall–Kier alpha value is -2.54. The van der Waals surface area contributed by atoms with E-state index in [-0.39, 0.29) is 18.6 Å². The Kier molecular flexibility index (Phi) is 5.55. The summed E-state index contributed by atoms with van der Waals surface area (Å²) in [4.78, 5) is 22.1. The molecular weight excluding hydrogens is 346 g/mol. The zero-order valence-electron chi connectivity index (χ0n) is 13.7. The molecular formula is C17H18ClN3O4. The van der Waals surface area contributed by atoms with E-state index in [0.29, 0.717) is 42.0 Å². The second-order valence-electron chi connectivity index (χ2n) is 5.48. The highest BCUT2D eigenvalue weighted by Crippen LogP contribution is 2.24. The lowest BCUT2D eigenvalue weighted by molar-refractivity contribution is -0.132. The summed E-state index contributed by atoms with van der Waals surface area (Å²) in [5, 5.41) is 0.623. The first-order valence-corrected chi connectivity index (χ1v) is 8.21. The van der Waals surface area contributed by atoms with Gasteiger partial charge < -0.3 is 19.1 Å². The fraction of sp³-hybridized carbons (Fsp3) is 0.353. The number of aromatic nitrogens is 2. The van der Waals surface area contributed by atoms with Crippen LogP contribution < -0.4 is 14.2 Å². The number of carbonyl (C=O) groups is 1. The number of halogens is 1. The number of hydrogen-bond acceptors (Lipinski definition) is 6. The maximum Gasteiger partial charge on any atom is 0.278 e. The first-order chi connectivity index (χ1) is 12.2. The highest BCUT2D eigenvalue weighted by molar-refractivity contribution is 6.30. The van der Waals surface area contributed by atoms with Gasteiger partial charge in [-0.05, 0) is 24.3 Å². The summed E-state index contributed by atoms with van der Waals surface area (Å²) in [6, 6.07) is 6.89. The van der Waals surface area contributed by atoms with Crippen LogP contribution in [0, 0.1) is 0 Å². The van der Waals surface area contributed by atoms with Crippen LogP contribution in [0.2, 0.25) is 5.02 Å². The molecule has 0 radical (unpaired) electrons. The number of carbonyl (C=O) groups excluding carboxylic acids is 1. The van der Waals surface area contributed by atoms with Crippen molar-refractivity contribution in [2.45, 2.75) is 12.5 Å². The van der Waals surface area contributed by atoms with Gasteiger partial charge in [0.15, 0.2) is 6.61 Å². The molecule has 1 aliphatic heterocycles. The van der Waals surface area contributed by atoms with Crippen LogP contribution in [0.5, 0.6) is 17.5 Å². The Balaban J connectivity index is 1.50. The fourth-order valence-corrected chi connectivity index (χ4v) is 2.64. The predicted octanol–water partition coefficient (Wildman–Crippen LogP) is 2.20. The second-order valence-corrected chi connectivity index (χ2v) is 5.92. The first kappa shape index (κ1) is 17.3. The number of hydrogen-bond donors (Lipinski definition) is 0. The van der Waals surface area contributed by atoms with Crippen molar-refractivity contribution in [1.82, 2.24) is 14.9 Å². The molecule has 0 aliphatic carbocycles. The Bertz CT molecular complexity index is 726. The third-order valence-electron chi connectivity index (χ3n) is 3.78. The number of nitrogens with zero attached hydrogens (tertiary/aromatic N) is 3. The van der Waals surface area contributed by atoms with Gasteiger partial charge in [0.1, 0.15) is 11.9 Å². The predicted molar refractivity (Wildman–Crippen MR) is 91.1 cm³/mol. The van der Waals surface area contributed by atoms with Crippen LogP contribution in [0.25, 0.3) is 0 Å². The molecule has 1 aromatic carbocycles. The third kappa shape index (κ3) is 4.51. The molecule has 2 aromatic rings. The minimum atomic E-state index is -0.148. The monoisotopic (exact) mass is 363 g/mol. The zero-order chi connectivity index (χ0) is 17.6. The molecule has 1 aliphatic rings. The van der Waals surface area contributed by atoms with Crippen LogP contribution in [0.3, 0.4) is 0 Å².